The summed E-state index contributed by atoms with van der Waals surface area (Å²) in [7, 11) is -4.54. The Morgan fingerprint density at radius 1 is 1.26 bits per heavy atom. The summed E-state index contributed by atoms with van der Waals surface area (Å²) in [4.78, 5) is 38.6. The molecule has 17 heteroatoms. The topological polar surface area (TPSA) is 205 Å². The van der Waals surface area contributed by atoms with Crippen LogP contribution >= 0.6 is 23.5 Å². The number of rotatable bonds is 10. The number of carbonyl (C=O) groups excluding carboxylic acids is 2. The number of amides is 2. The van der Waals surface area contributed by atoms with Crippen LogP contribution in [0.5, 0.6) is 0 Å². The number of carbonyl (C=O) groups is 3. The van der Waals surface area contributed by atoms with Crippen molar-refractivity contribution in [2.75, 3.05) is 11.5 Å². The maximum Gasteiger partial charge on any atom is 0.352 e. The zero-order chi connectivity index (χ0) is 27.8. The molecule has 14 nitrogen and oxygen atoms in total. The highest BCUT2D eigenvalue weighted by Crippen LogP contribution is 2.42. The number of benzene rings is 1. The molecule has 4 atom stereocenters. The number of thioether (sulfide) groups is 2. The van der Waals surface area contributed by atoms with Gasteiger partial charge in [0.15, 0.2) is 11.5 Å². The third-order valence-electron chi connectivity index (χ3n) is 5.87. The Bertz CT molecular complexity index is 1380. The summed E-state index contributed by atoms with van der Waals surface area (Å²) in [6.45, 7) is 3.14. The third kappa shape index (κ3) is 5.42. The Morgan fingerprint density at radius 2 is 1.95 bits per heavy atom. The highest BCUT2D eigenvalue weighted by molar-refractivity contribution is 8.01. The molecular formula is C21H24N6O8S3. The largest absolute Gasteiger partial charge is 0.477 e. The SMILES string of the molecule is CC(C)C(n1nnnc1SCC1=C(C(=O)O)N2C(=O)C(NC(=O)[C@H](O)c3ccccc3)[C@H]2SC1)S(=O)(=O)O. The number of β-lactam (4-membered cyclic amide) rings is 1. The second kappa shape index (κ2) is 11.0. The maximum absolute atomic E-state index is 12.9. The highest BCUT2D eigenvalue weighted by Gasteiger charge is 2.54. The van der Waals surface area contributed by atoms with E-state index in [4.69, 9.17) is 0 Å². The van der Waals surface area contributed by atoms with Crippen molar-refractivity contribution < 1.29 is 37.6 Å². The molecule has 1 aromatic carbocycles. The fourth-order valence-corrected chi connectivity index (χ4v) is 7.70. The van der Waals surface area contributed by atoms with Crippen molar-refractivity contribution in [1.82, 2.24) is 30.4 Å². The van der Waals surface area contributed by atoms with Crippen LogP contribution < -0.4 is 5.32 Å². The minimum absolute atomic E-state index is 0.0194. The van der Waals surface area contributed by atoms with E-state index in [0.717, 1.165) is 21.3 Å². The van der Waals surface area contributed by atoms with E-state index in [0.29, 0.717) is 11.1 Å². The molecule has 2 amide bonds. The van der Waals surface area contributed by atoms with E-state index in [2.05, 4.69) is 20.8 Å². The third-order valence-corrected chi connectivity index (χ3v) is 9.58. The Morgan fingerprint density at radius 3 is 2.55 bits per heavy atom. The molecule has 2 aromatic rings. The number of carboxylic acids is 1. The molecule has 2 aliphatic rings. The fraction of sp³-hybridized carbons (Fsp3) is 0.429. The van der Waals surface area contributed by atoms with Gasteiger partial charge in [-0.1, -0.05) is 55.9 Å². The van der Waals surface area contributed by atoms with Gasteiger partial charge in [0.25, 0.3) is 21.9 Å². The van der Waals surface area contributed by atoms with Gasteiger partial charge in [-0.2, -0.15) is 13.1 Å². The van der Waals surface area contributed by atoms with Crippen LogP contribution in [0.25, 0.3) is 0 Å². The number of aliphatic hydroxyl groups is 1. The van der Waals surface area contributed by atoms with Gasteiger partial charge >= 0.3 is 5.97 Å². The van der Waals surface area contributed by atoms with Crippen LogP contribution in [0, 0.1) is 5.92 Å². The first-order valence-corrected chi connectivity index (χ1v) is 14.8. The van der Waals surface area contributed by atoms with Crippen molar-refractivity contribution in [2.45, 2.75) is 41.9 Å². The number of nitrogens with zero attached hydrogens (tertiary/aromatic N) is 5. The van der Waals surface area contributed by atoms with E-state index < -0.39 is 56.7 Å². The molecule has 4 N–H and O–H groups in total. The van der Waals surface area contributed by atoms with Crippen molar-refractivity contribution in [3.05, 3.63) is 47.2 Å². The van der Waals surface area contributed by atoms with Gasteiger partial charge < -0.3 is 15.5 Å². The Hall–Kier alpha value is -2.99. The average Bonchev–Trinajstić information content (AvgIpc) is 3.31. The normalized spacial score (nSPS) is 21.1. The van der Waals surface area contributed by atoms with Crippen molar-refractivity contribution in [2.24, 2.45) is 5.92 Å². The zero-order valence-corrected chi connectivity index (χ0v) is 22.5. The Labute approximate surface area is 225 Å². The lowest BCUT2D eigenvalue weighted by molar-refractivity contribution is -0.151. The van der Waals surface area contributed by atoms with Gasteiger partial charge in [-0.15, -0.1) is 16.9 Å². The molecule has 2 aliphatic heterocycles. The minimum Gasteiger partial charge on any atom is -0.477 e. The second-order valence-electron chi connectivity index (χ2n) is 8.81. The number of aliphatic carboxylic acids is 1. The Kier molecular flexibility index (Phi) is 8.12. The summed E-state index contributed by atoms with van der Waals surface area (Å²) in [5, 5.41) is 31.6. The van der Waals surface area contributed by atoms with Crippen molar-refractivity contribution >= 4 is 51.4 Å². The molecule has 0 radical (unpaired) electrons. The summed E-state index contributed by atoms with van der Waals surface area (Å²) < 4.78 is 34.3. The van der Waals surface area contributed by atoms with Crippen LogP contribution in [0.2, 0.25) is 0 Å². The van der Waals surface area contributed by atoms with Gasteiger partial charge in [0.2, 0.25) is 5.16 Å². The lowest BCUT2D eigenvalue weighted by atomic mass is 10.0. The van der Waals surface area contributed by atoms with E-state index in [-0.39, 0.29) is 22.4 Å². The summed E-state index contributed by atoms with van der Waals surface area (Å²) in [5.74, 6) is -3.10. The molecule has 1 fully saturated rings. The van der Waals surface area contributed by atoms with Crippen LogP contribution in [-0.2, 0) is 24.5 Å². The number of hydrogen-bond donors (Lipinski definition) is 4. The number of nitrogens with one attached hydrogen (secondary N) is 1. The van der Waals surface area contributed by atoms with Gasteiger partial charge in [-0.3, -0.25) is 19.0 Å². The summed E-state index contributed by atoms with van der Waals surface area (Å²) in [5.41, 5.74) is 0.481. The number of aromatic nitrogens is 4. The van der Waals surface area contributed by atoms with Crippen LogP contribution in [0.1, 0.15) is 30.9 Å². The summed E-state index contributed by atoms with van der Waals surface area (Å²) >= 11 is 2.20. The van der Waals surface area contributed by atoms with Gasteiger partial charge in [-0.05, 0) is 27.5 Å². The van der Waals surface area contributed by atoms with Gasteiger partial charge in [0.1, 0.15) is 17.1 Å². The molecule has 0 bridgehead atoms. The number of fused-ring (bicyclic) bond motifs is 1. The zero-order valence-electron chi connectivity index (χ0n) is 20.0. The highest BCUT2D eigenvalue weighted by atomic mass is 32.2. The number of carboxylic acid groups (broad SMARTS) is 1. The standard InChI is InChI=1S/C21H24N6O8S3/c1-10(2)19(38(33,34)35)27-21(23-24-25-27)37-9-12-8-36-18-13(17(30)26(18)14(12)20(31)32)22-16(29)15(28)11-6-4-3-5-7-11/h3-7,10,13,15,18-19,28H,8-9H2,1-2H3,(H,22,29)(H,31,32)(H,33,34,35)/t13?,15-,18-,19?/m1/s1. The van der Waals surface area contributed by atoms with E-state index in [1.54, 1.807) is 44.2 Å². The molecular weight excluding hydrogens is 560 g/mol. The van der Waals surface area contributed by atoms with Crippen LogP contribution in [0.4, 0.5) is 0 Å². The first-order valence-electron chi connectivity index (χ1n) is 11.2. The lowest BCUT2D eigenvalue weighted by Crippen LogP contribution is -2.70. The van der Waals surface area contributed by atoms with Gasteiger partial charge in [0.05, 0.1) is 0 Å². The van der Waals surface area contributed by atoms with Crippen molar-refractivity contribution in [1.29, 1.82) is 0 Å². The van der Waals surface area contributed by atoms with Crippen molar-refractivity contribution in [3.8, 4) is 0 Å². The van der Waals surface area contributed by atoms with Gasteiger partial charge in [-0.25, -0.2) is 4.79 Å². The van der Waals surface area contributed by atoms with Crippen LogP contribution in [0.15, 0.2) is 46.8 Å². The molecule has 2 unspecified atom stereocenters. The molecule has 0 aliphatic carbocycles. The average molecular weight is 585 g/mol. The molecule has 4 rings (SSSR count). The smallest absolute Gasteiger partial charge is 0.352 e. The van der Waals surface area contributed by atoms with Gasteiger partial charge in [0, 0.05) is 11.5 Å². The Balaban J connectivity index is 1.49. The quantitative estimate of drug-likeness (QED) is 0.168. The van der Waals surface area contributed by atoms with E-state index in [1.165, 1.54) is 11.8 Å². The second-order valence-corrected chi connectivity index (χ2v) is 12.4. The maximum atomic E-state index is 12.9. The van der Waals surface area contributed by atoms with E-state index in [9.17, 15) is 37.6 Å². The molecule has 3 heterocycles. The van der Waals surface area contributed by atoms with E-state index >= 15 is 0 Å². The minimum atomic E-state index is -4.54. The number of aliphatic hydroxyl groups excluding tert-OH is 1. The molecule has 204 valence electrons. The fourth-order valence-electron chi connectivity index (χ4n) is 4.16. The predicted molar refractivity (Wildman–Crippen MR) is 135 cm³/mol. The first-order chi connectivity index (χ1) is 17.9. The number of hydrogen-bond acceptors (Lipinski definition) is 11. The molecule has 1 saturated heterocycles. The van der Waals surface area contributed by atoms with Crippen LogP contribution in [0.3, 0.4) is 0 Å². The number of tetrazole rings is 1. The van der Waals surface area contributed by atoms with Crippen molar-refractivity contribution in [3.63, 3.8) is 0 Å². The predicted octanol–water partition coefficient (Wildman–Crippen LogP) is 0.280. The summed E-state index contributed by atoms with van der Waals surface area (Å²) in [6, 6.07) is 7.18. The lowest BCUT2D eigenvalue weighted by Gasteiger charge is -2.49. The first kappa shape index (κ1) is 28.0. The van der Waals surface area contributed by atoms with Crippen LogP contribution in [-0.4, -0.2) is 89.0 Å². The molecule has 38 heavy (non-hydrogen) atoms. The monoisotopic (exact) mass is 584 g/mol. The molecule has 1 aromatic heterocycles. The molecule has 0 saturated carbocycles. The molecule has 0 spiro atoms. The van der Waals surface area contributed by atoms with E-state index in [1.807, 2.05) is 0 Å². The summed E-state index contributed by atoms with van der Waals surface area (Å²) in [6.07, 6.45) is -1.49.